The molecular weight excluding hydrogens is 1310 g/mol. The third kappa shape index (κ3) is 58.0. The maximum absolute atomic E-state index is 13.0. The van der Waals surface area contributed by atoms with Crippen molar-refractivity contribution in [1.29, 1.82) is 0 Å². The van der Waals surface area contributed by atoms with Crippen LogP contribution in [0.2, 0.25) is 0 Å². The Bertz CT molecular complexity index is 1840. The number of hydroxylamine groups is 2. The van der Waals surface area contributed by atoms with Crippen molar-refractivity contribution in [1.82, 2.24) is 15.3 Å². The fraction of sp³-hybridized carbons (Fsp3) is 0.922. The number of nitrogens with zero attached hydrogens (tertiary/aromatic N) is 2. The highest BCUT2D eigenvalue weighted by molar-refractivity contribution is 6.02. The van der Waals surface area contributed by atoms with Gasteiger partial charge in [-0.05, 0) is 20.8 Å². The molecule has 2 heterocycles. The summed E-state index contributed by atoms with van der Waals surface area (Å²) in [5.41, 5.74) is -0.858. The van der Waals surface area contributed by atoms with Crippen LogP contribution in [0.15, 0.2) is 0 Å². The molecule has 2 aliphatic rings. The Morgan fingerprint density at radius 2 is 0.561 bits per heavy atom. The third-order valence-corrected chi connectivity index (χ3v) is 12.8. The van der Waals surface area contributed by atoms with E-state index in [9.17, 15) is 24.0 Å². The first-order valence-electron chi connectivity index (χ1n) is 34.1. The van der Waals surface area contributed by atoms with Gasteiger partial charge in [-0.15, -0.1) is 5.06 Å². The van der Waals surface area contributed by atoms with E-state index in [1.807, 2.05) is 0 Å². The van der Waals surface area contributed by atoms with Crippen molar-refractivity contribution in [3.05, 3.63) is 0 Å². The lowest BCUT2D eigenvalue weighted by Crippen LogP contribution is -2.46. The molecule has 2 atom stereocenters. The summed E-state index contributed by atoms with van der Waals surface area (Å²) in [5, 5.41) is 3.22. The van der Waals surface area contributed by atoms with Crippen LogP contribution in [-0.4, -0.2) is 382 Å². The number of imide groups is 1. The molecule has 0 radical (unpaired) electrons. The molecule has 0 aromatic carbocycles. The number of nitrogens with one attached hydrogen (secondary N) is 1. The highest BCUT2D eigenvalue weighted by atomic mass is 16.7. The fourth-order valence-corrected chi connectivity index (χ4v) is 8.04. The summed E-state index contributed by atoms with van der Waals surface area (Å²) in [5.74, 6) is -2.61. The number of rotatable bonds is 75. The zero-order valence-corrected chi connectivity index (χ0v) is 59.0. The Morgan fingerprint density at radius 3 is 0.776 bits per heavy atom. The molecular formula is C64H119N3O31. The van der Waals surface area contributed by atoms with Gasteiger partial charge in [-0.1, -0.05) is 0 Å². The molecule has 0 bridgehead atoms. The second-order valence-corrected chi connectivity index (χ2v) is 22.0. The standard InChI is InChI=1S/C64H119N3O31/c1-64(2,3)97-63(72)66-56-57(55-58(66)62(71)98-67-60(69)5-6-61(67)70)65-59(68)7-8-74-11-12-76-15-16-78-19-20-80-23-24-82-27-28-84-31-32-86-35-36-88-39-40-90-43-44-92-47-48-94-51-52-96-54-53-95-50-49-93-46-45-91-42-41-89-38-37-87-34-33-85-30-29-83-26-25-81-22-21-79-18-17-77-14-13-75-10-9-73-4/h57-58H,5-56H2,1-4H3,(H,65,68). The van der Waals surface area contributed by atoms with E-state index in [0.717, 1.165) is 4.90 Å². The van der Waals surface area contributed by atoms with Crippen molar-refractivity contribution in [2.24, 2.45) is 0 Å². The van der Waals surface area contributed by atoms with Gasteiger partial charge in [0.1, 0.15) is 11.6 Å². The number of carbonyl (C=O) groups excluding carboxylic acids is 5. The maximum atomic E-state index is 13.0. The lowest BCUT2D eigenvalue weighted by molar-refractivity contribution is -0.200. The number of amides is 4. The van der Waals surface area contributed by atoms with Crippen LogP contribution < -0.4 is 5.32 Å². The van der Waals surface area contributed by atoms with Crippen LogP contribution in [0.1, 0.15) is 46.5 Å². The van der Waals surface area contributed by atoms with E-state index in [0.29, 0.717) is 302 Å². The second-order valence-electron chi connectivity index (χ2n) is 22.0. The number of carbonyl (C=O) groups is 5. The Morgan fingerprint density at radius 1 is 0.347 bits per heavy atom. The van der Waals surface area contributed by atoms with Gasteiger partial charge < -0.3 is 129 Å². The Balaban J connectivity index is 1.16. The van der Waals surface area contributed by atoms with Crippen molar-refractivity contribution in [2.75, 3.05) is 324 Å². The smallest absolute Gasteiger partial charge is 0.411 e. The summed E-state index contributed by atoms with van der Waals surface area (Å²) in [6, 6.07) is -1.79. The minimum Gasteiger partial charge on any atom is -0.444 e. The van der Waals surface area contributed by atoms with Crippen molar-refractivity contribution in [3.63, 3.8) is 0 Å². The van der Waals surface area contributed by atoms with Crippen molar-refractivity contribution >= 4 is 29.8 Å². The van der Waals surface area contributed by atoms with Crippen LogP contribution in [0.25, 0.3) is 0 Å². The predicted molar refractivity (Wildman–Crippen MR) is 346 cm³/mol. The molecule has 576 valence electrons. The van der Waals surface area contributed by atoms with Gasteiger partial charge in [0.25, 0.3) is 11.8 Å². The normalized spacial score (nSPS) is 15.0. The topological polar surface area (TPSA) is 344 Å². The Labute approximate surface area is 579 Å². The van der Waals surface area contributed by atoms with E-state index in [4.69, 9.17) is 123 Å². The fourth-order valence-electron chi connectivity index (χ4n) is 8.04. The zero-order chi connectivity index (χ0) is 70.6. The number of hydrogen-bond donors (Lipinski definition) is 1. The quantitative estimate of drug-likeness (QED) is 0.0640. The first-order chi connectivity index (χ1) is 48.0. The molecule has 0 aromatic rings. The SMILES string of the molecule is COCCOCCOCCOCCOCCOCCOCCOCCOCCOCCOCCOCCOCCOCCOCCOCCOCCOCCOCCOCCOCCOCCOCCOCCC(=O)NC1CC(C(=O)ON2C(=O)CCC2=O)N(C(=O)OC(C)(C)C)C1. The van der Waals surface area contributed by atoms with E-state index in [1.165, 1.54) is 0 Å². The van der Waals surface area contributed by atoms with Crippen molar-refractivity contribution in [2.45, 2.75) is 64.1 Å². The molecule has 34 nitrogen and oxygen atoms in total. The average Bonchev–Trinajstić information content (AvgIpc) is 1.66. The molecule has 98 heavy (non-hydrogen) atoms. The third-order valence-electron chi connectivity index (χ3n) is 12.8. The van der Waals surface area contributed by atoms with Crippen molar-refractivity contribution < 1.29 is 147 Å². The maximum Gasteiger partial charge on any atom is 0.411 e. The first-order valence-corrected chi connectivity index (χ1v) is 34.1. The predicted octanol–water partition coefficient (Wildman–Crippen LogP) is 0.506. The van der Waals surface area contributed by atoms with Gasteiger partial charge in [-0.2, -0.15) is 0 Å². The number of ether oxygens (including phenoxy) is 25. The molecule has 2 fully saturated rings. The first kappa shape index (κ1) is 90.5. The molecule has 0 saturated carbocycles. The van der Waals surface area contributed by atoms with E-state index < -0.39 is 41.6 Å². The molecule has 34 heteroatoms. The van der Waals surface area contributed by atoms with Crippen LogP contribution in [0, 0.1) is 0 Å². The molecule has 2 aliphatic heterocycles. The van der Waals surface area contributed by atoms with E-state index in [2.05, 4.69) is 5.32 Å². The average molecular weight is 1430 g/mol. The van der Waals surface area contributed by atoms with Gasteiger partial charge in [-0.3, -0.25) is 19.3 Å². The van der Waals surface area contributed by atoms with Crippen molar-refractivity contribution in [3.8, 4) is 0 Å². The molecule has 2 saturated heterocycles. The van der Waals surface area contributed by atoms with Crippen LogP contribution >= 0.6 is 0 Å². The summed E-state index contributed by atoms with van der Waals surface area (Å²) >= 11 is 0. The van der Waals surface area contributed by atoms with Gasteiger partial charge in [0, 0.05) is 45.4 Å². The second kappa shape index (κ2) is 67.9. The molecule has 0 aromatic heterocycles. The lowest BCUT2D eigenvalue weighted by atomic mass is 10.1. The molecule has 0 spiro atoms. The molecule has 2 unspecified atom stereocenters. The van der Waals surface area contributed by atoms with Gasteiger partial charge >= 0.3 is 12.1 Å². The number of hydrogen-bond acceptors (Lipinski definition) is 31. The summed E-state index contributed by atoms with van der Waals surface area (Å²) in [6.45, 7) is 26.4. The molecule has 4 amide bonds. The van der Waals surface area contributed by atoms with Crippen LogP contribution in [0.3, 0.4) is 0 Å². The van der Waals surface area contributed by atoms with Crippen LogP contribution in [0.5, 0.6) is 0 Å². The number of methoxy groups -OCH3 is 1. The Kier molecular flexibility index (Phi) is 62.6. The molecule has 0 aliphatic carbocycles. The van der Waals surface area contributed by atoms with E-state index >= 15 is 0 Å². The number of likely N-dealkylation sites (tertiary alicyclic amines) is 1. The summed E-state index contributed by atoms with van der Waals surface area (Å²) in [6.07, 6.45) is -0.909. The van der Waals surface area contributed by atoms with E-state index in [-0.39, 0.29) is 51.3 Å². The highest BCUT2D eigenvalue weighted by Crippen LogP contribution is 2.24. The lowest BCUT2D eigenvalue weighted by Gasteiger charge is -2.27. The summed E-state index contributed by atoms with van der Waals surface area (Å²) < 4.78 is 137. The Hall–Kier alpha value is -3.61. The van der Waals surface area contributed by atoms with Gasteiger partial charge in [-0.25, -0.2) is 9.59 Å². The minimum atomic E-state index is -1.18. The van der Waals surface area contributed by atoms with Crippen LogP contribution in [-0.2, 0) is 142 Å². The highest BCUT2D eigenvalue weighted by Gasteiger charge is 2.45. The summed E-state index contributed by atoms with van der Waals surface area (Å²) in [4.78, 5) is 68.7. The summed E-state index contributed by atoms with van der Waals surface area (Å²) in [7, 11) is 1.64. The van der Waals surface area contributed by atoms with Gasteiger partial charge in [0.05, 0.1) is 311 Å². The molecule has 2 rings (SSSR count). The monoisotopic (exact) mass is 1430 g/mol. The van der Waals surface area contributed by atoms with Crippen LogP contribution in [0.4, 0.5) is 4.79 Å². The minimum absolute atomic E-state index is 0.00120. The molecule has 1 N–H and O–H groups in total. The van der Waals surface area contributed by atoms with E-state index in [1.54, 1.807) is 27.9 Å². The van der Waals surface area contributed by atoms with Gasteiger partial charge in [0.2, 0.25) is 5.91 Å². The van der Waals surface area contributed by atoms with Gasteiger partial charge in [0.15, 0.2) is 0 Å². The zero-order valence-electron chi connectivity index (χ0n) is 59.0. The largest absolute Gasteiger partial charge is 0.444 e.